The number of carbonyl (C=O) groups is 1. The number of benzene rings is 3. The summed E-state index contributed by atoms with van der Waals surface area (Å²) in [5.74, 6) is 0.286. The van der Waals surface area contributed by atoms with Crippen LogP contribution in [0.4, 0.5) is 0 Å². The molecule has 0 saturated carbocycles. The molecule has 0 unspecified atom stereocenters. The normalized spacial score (nSPS) is 12.3. The molecular formula is C43H51IrN2O2-. The Morgan fingerprint density at radius 2 is 1.40 bits per heavy atom. The van der Waals surface area contributed by atoms with Gasteiger partial charge in [0.05, 0.1) is 5.52 Å². The predicted octanol–water partition coefficient (Wildman–Crippen LogP) is 11.9. The van der Waals surface area contributed by atoms with Crippen molar-refractivity contribution in [2.75, 3.05) is 0 Å². The maximum absolute atomic E-state index is 12.2. The van der Waals surface area contributed by atoms with Crippen LogP contribution >= 0.6 is 0 Å². The molecule has 2 aromatic heterocycles. The Hall–Kier alpha value is -3.66. The van der Waals surface area contributed by atoms with Crippen molar-refractivity contribution in [3.05, 3.63) is 109 Å². The first kappa shape index (κ1) is 38.8. The number of rotatable bonds is 9. The van der Waals surface area contributed by atoms with Crippen LogP contribution in [0.1, 0.15) is 93.6 Å². The first-order valence-electron chi connectivity index (χ1n) is 17.0. The SMILES string of the molecule is CC(C)(C)c1cc(-c2cc(-c3ccc4cccnc4c3)ccn2)[c-]c2ccccc12.CCC(C)(CC)C(=O)/C=C(\O)C(C)(CC)CC.[Ir]. The van der Waals surface area contributed by atoms with Crippen LogP contribution in [0.15, 0.2) is 97.0 Å². The van der Waals surface area contributed by atoms with Gasteiger partial charge in [0.25, 0.3) is 0 Å². The number of ketones is 1. The maximum atomic E-state index is 12.2. The van der Waals surface area contributed by atoms with Crippen LogP contribution in [-0.2, 0) is 30.3 Å². The number of carbonyl (C=O) groups excluding carboxylic acids is 1. The van der Waals surface area contributed by atoms with E-state index in [0.29, 0.717) is 0 Å². The van der Waals surface area contributed by atoms with Crippen LogP contribution in [0.2, 0.25) is 0 Å². The van der Waals surface area contributed by atoms with Gasteiger partial charge in [0.1, 0.15) is 5.76 Å². The zero-order chi connectivity index (χ0) is 34.4. The molecule has 0 aliphatic carbocycles. The van der Waals surface area contributed by atoms with Crippen LogP contribution in [0.25, 0.3) is 44.1 Å². The van der Waals surface area contributed by atoms with E-state index in [9.17, 15) is 9.90 Å². The Bertz CT molecular complexity index is 1880. The molecule has 0 atom stereocenters. The van der Waals surface area contributed by atoms with Gasteiger partial charge in [-0.3, -0.25) is 14.8 Å². The molecule has 5 heteroatoms. The van der Waals surface area contributed by atoms with Crippen molar-refractivity contribution in [1.29, 1.82) is 0 Å². The van der Waals surface area contributed by atoms with E-state index in [0.717, 1.165) is 64.4 Å². The van der Waals surface area contributed by atoms with Crippen LogP contribution < -0.4 is 0 Å². The fraction of sp³-hybridized carbons (Fsp3) is 0.372. The van der Waals surface area contributed by atoms with Crippen molar-refractivity contribution in [3.8, 4) is 22.4 Å². The predicted molar refractivity (Wildman–Crippen MR) is 199 cm³/mol. The Balaban J connectivity index is 0.000000301. The van der Waals surface area contributed by atoms with Crippen LogP contribution in [0.5, 0.6) is 0 Å². The molecule has 5 rings (SSSR count). The fourth-order valence-corrected chi connectivity index (χ4v) is 5.68. The van der Waals surface area contributed by atoms with Gasteiger partial charge in [-0.1, -0.05) is 116 Å². The van der Waals surface area contributed by atoms with E-state index in [2.05, 4.69) is 104 Å². The molecule has 1 N–H and O–H groups in total. The molecule has 3 aromatic carbocycles. The van der Waals surface area contributed by atoms with E-state index < -0.39 is 0 Å². The third-order valence-corrected chi connectivity index (χ3v) is 10.2. The summed E-state index contributed by atoms with van der Waals surface area (Å²) in [6.45, 7) is 18.8. The number of aliphatic hydroxyl groups excluding tert-OH is 1. The minimum absolute atomic E-state index is 0. The van der Waals surface area contributed by atoms with Gasteiger partial charge in [-0.25, -0.2) is 0 Å². The first-order chi connectivity index (χ1) is 22.3. The summed E-state index contributed by atoms with van der Waals surface area (Å²) in [7, 11) is 0. The number of aromatic nitrogens is 2. The summed E-state index contributed by atoms with van der Waals surface area (Å²) >= 11 is 0. The third kappa shape index (κ3) is 8.67. The molecule has 0 amide bonds. The second kappa shape index (κ2) is 16.2. The molecule has 255 valence electrons. The molecule has 1 radical (unpaired) electrons. The number of hydrogen-bond donors (Lipinski definition) is 1. The molecule has 0 bridgehead atoms. The molecule has 0 fully saturated rings. The van der Waals surface area contributed by atoms with Crippen LogP contribution in [-0.4, -0.2) is 20.9 Å². The molecule has 4 nitrogen and oxygen atoms in total. The largest absolute Gasteiger partial charge is 0.512 e. The average Bonchev–Trinajstić information content (AvgIpc) is 3.09. The Kier molecular flexibility index (Phi) is 13.1. The third-order valence-electron chi connectivity index (χ3n) is 10.2. The number of aliphatic hydroxyl groups is 1. The van der Waals surface area contributed by atoms with E-state index in [1.807, 2.05) is 60.0 Å². The van der Waals surface area contributed by atoms with Gasteiger partial charge in [0.15, 0.2) is 5.78 Å². The van der Waals surface area contributed by atoms with E-state index in [4.69, 9.17) is 0 Å². The van der Waals surface area contributed by atoms with Gasteiger partial charge in [-0.05, 0) is 60.4 Å². The van der Waals surface area contributed by atoms with E-state index in [1.54, 1.807) is 0 Å². The number of nitrogens with zero attached hydrogens (tertiary/aromatic N) is 2. The van der Waals surface area contributed by atoms with Crippen molar-refractivity contribution in [2.24, 2.45) is 10.8 Å². The summed E-state index contributed by atoms with van der Waals surface area (Å²) in [5.41, 5.74) is 5.98. The van der Waals surface area contributed by atoms with Crippen molar-refractivity contribution >= 4 is 27.5 Å². The van der Waals surface area contributed by atoms with Gasteiger partial charge < -0.3 is 5.11 Å². The summed E-state index contributed by atoms with van der Waals surface area (Å²) in [5, 5.41) is 13.7. The van der Waals surface area contributed by atoms with Gasteiger partial charge in [0, 0.05) is 60.5 Å². The van der Waals surface area contributed by atoms with Crippen molar-refractivity contribution < 1.29 is 30.0 Å². The standard InChI is InChI=1S/C28H23N2.C15H28O2.Ir/c1-28(2,3)25-16-23(15-22-7-4-5-9-24(22)25)27-18-21(12-14-30-27)20-11-10-19-8-6-13-29-26(19)17-20;1-7-14(5,8-2)12(16)11-13(17)15(6,9-3)10-4;/h4-14,16-18H,1-3H3;11,16H,7-10H2,1-6H3;/q-1;;/b;12-11-;. The fourth-order valence-electron chi connectivity index (χ4n) is 5.68. The molecule has 0 spiro atoms. The summed E-state index contributed by atoms with van der Waals surface area (Å²) < 4.78 is 0. The maximum Gasteiger partial charge on any atom is 0.164 e. The van der Waals surface area contributed by atoms with Crippen molar-refractivity contribution in [2.45, 2.75) is 93.4 Å². The van der Waals surface area contributed by atoms with Gasteiger partial charge in [0.2, 0.25) is 0 Å². The van der Waals surface area contributed by atoms with E-state index in [1.165, 1.54) is 17.0 Å². The van der Waals surface area contributed by atoms with Crippen LogP contribution in [0, 0.1) is 16.9 Å². The summed E-state index contributed by atoms with van der Waals surface area (Å²) in [6, 6.07) is 29.0. The molecular weight excluding hydrogens is 769 g/mol. The molecule has 0 aliphatic heterocycles. The zero-order valence-corrected chi connectivity index (χ0v) is 32.5. The second-order valence-electron chi connectivity index (χ2n) is 14.2. The first-order valence-corrected chi connectivity index (χ1v) is 17.0. The monoisotopic (exact) mass is 820 g/mol. The zero-order valence-electron chi connectivity index (χ0n) is 30.1. The topological polar surface area (TPSA) is 63.1 Å². The number of pyridine rings is 2. The van der Waals surface area contributed by atoms with Crippen molar-refractivity contribution in [1.82, 2.24) is 9.97 Å². The molecule has 0 aliphatic rings. The second-order valence-corrected chi connectivity index (χ2v) is 14.2. The molecule has 0 saturated heterocycles. The quantitative estimate of drug-likeness (QED) is 0.0914. The number of allylic oxidation sites excluding steroid dienone is 2. The van der Waals surface area contributed by atoms with E-state index in [-0.39, 0.29) is 47.9 Å². The van der Waals surface area contributed by atoms with Crippen molar-refractivity contribution in [3.63, 3.8) is 0 Å². The Morgan fingerprint density at radius 1 is 0.750 bits per heavy atom. The number of fused-ring (bicyclic) bond motifs is 2. The minimum atomic E-state index is -0.337. The molecule has 5 aromatic rings. The Morgan fingerprint density at radius 3 is 2.04 bits per heavy atom. The minimum Gasteiger partial charge on any atom is -0.512 e. The number of hydrogen-bond acceptors (Lipinski definition) is 4. The smallest absolute Gasteiger partial charge is 0.164 e. The van der Waals surface area contributed by atoms with Crippen LogP contribution in [0.3, 0.4) is 0 Å². The molecule has 48 heavy (non-hydrogen) atoms. The van der Waals surface area contributed by atoms with E-state index >= 15 is 0 Å². The van der Waals surface area contributed by atoms with Gasteiger partial charge in [-0.15, -0.1) is 29.1 Å². The molecule has 2 heterocycles. The average molecular weight is 820 g/mol. The summed E-state index contributed by atoms with van der Waals surface area (Å²) in [4.78, 5) is 21.4. The van der Waals surface area contributed by atoms with Gasteiger partial charge in [-0.2, -0.15) is 0 Å². The summed E-state index contributed by atoms with van der Waals surface area (Å²) in [6.07, 6.45) is 8.47. The Labute approximate surface area is 301 Å². The van der Waals surface area contributed by atoms with Gasteiger partial charge >= 0.3 is 0 Å².